The fourth-order valence-corrected chi connectivity index (χ4v) is 3.70. The molecule has 1 aromatic heterocycles. The number of alkyl halides is 2. The molecule has 1 aliphatic heterocycles. The van der Waals surface area contributed by atoms with E-state index in [1.165, 1.54) is 11.7 Å². The summed E-state index contributed by atoms with van der Waals surface area (Å²) in [7, 11) is 1.41. The Kier molecular flexibility index (Phi) is 7.44. The summed E-state index contributed by atoms with van der Waals surface area (Å²) < 4.78 is 39.7. The van der Waals surface area contributed by atoms with Gasteiger partial charge in [-0.15, -0.1) is 0 Å². The smallest absolute Gasteiger partial charge is 0.414 e. The highest BCUT2D eigenvalue weighted by Gasteiger charge is 2.44. The quantitative estimate of drug-likeness (QED) is 0.500. The SMILES string of the molecule is [C-]#[N+]c1c(Br)nn([C@H]2C[C@H](C(F)F)N(C(=O)OC(C)(C)C)C2)c1N(C)C(=O)OC(C)(C)C. The molecule has 178 valence electrons. The van der Waals surface area contributed by atoms with Gasteiger partial charge in [-0.3, -0.25) is 14.5 Å². The molecule has 0 spiro atoms. The van der Waals surface area contributed by atoms with E-state index in [2.05, 4.69) is 25.9 Å². The molecule has 1 saturated heterocycles. The number of hydrogen-bond acceptors (Lipinski definition) is 5. The summed E-state index contributed by atoms with van der Waals surface area (Å²) >= 11 is 3.20. The second-order valence-electron chi connectivity index (χ2n) is 9.48. The van der Waals surface area contributed by atoms with Crippen LogP contribution in [-0.4, -0.2) is 64.1 Å². The third-order valence-corrected chi connectivity index (χ3v) is 5.04. The van der Waals surface area contributed by atoms with Gasteiger partial charge < -0.3 is 9.47 Å². The van der Waals surface area contributed by atoms with Crippen molar-refractivity contribution in [3.05, 3.63) is 16.0 Å². The summed E-state index contributed by atoms with van der Waals surface area (Å²) in [5.74, 6) is 0.0881. The number of rotatable bonds is 3. The van der Waals surface area contributed by atoms with Gasteiger partial charge in [0.15, 0.2) is 0 Å². The molecule has 1 fully saturated rings. The predicted octanol–water partition coefficient (Wildman–Crippen LogP) is 5.38. The van der Waals surface area contributed by atoms with Gasteiger partial charge in [-0.2, -0.15) is 5.10 Å². The van der Waals surface area contributed by atoms with Gasteiger partial charge in [0.25, 0.3) is 12.1 Å². The van der Waals surface area contributed by atoms with Crippen LogP contribution >= 0.6 is 15.9 Å². The molecule has 2 atom stereocenters. The third-order valence-electron chi connectivity index (χ3n) is 4.50. The largest absolute Gasteiger partial charge is 0.444 e. The van der Waals surface area contributed by atoms with E-state index in [-0.39, 0.29) is 29.1 Å². The maximum Gasteiger partial charge on any atom is 0.414 e. The molecule has 2 rings (SSSR count). The number of halogens is 3. The van der Waals surface area contributed by atoms with Gasteiger partial charge >= 0.3 is 12.2 Å². The normalized spacial score (nSPS) is 19.1. The van der Waals surface area contributed by atoms with E-state index in [0.717, 1.165) is 9.80 Å². The third kappa shape index (κ3) is 5.88. The fraction of sp³-hybridized carbons (Fsp3) is 0.700. The van der Waals surface area contributed by atoms with E-state index < -0.39 is 41.9 Å². The van der Waals surface area contributed by atoms with E-state index in [1.54, 1.807) is 41.5 Å². The Morgan fingerprint density at radius 3 is 2.25 bits per heavy atom. The minimum absolute atomic E-state index is 0.0303. The van der Waals surface area contributed by atoms with Crippen LogP contribution < -0.4 is 4.90 Å². The minimum atomic E-state index is -2.81. The molecule has 2 amide bonds. The van der Waals surface area contributed by atoms with Crippen molar-refractivity contribution in [1.29, 1.82) is 0 Å². The maximum atomic E-state index is 13.8. The van der Waals surface area contributed by atoms with E-state index in [1.807, 2.05) is 0 Å². The Morgan fingerprint density at radius 2 is 1.78 bits per heavy atom. The van der Waals surface area contributed by atoms with Crippen LogP contribution in [0.3, 0.4) is 0 Å². The van der Waals surface area contributed by atoms with E-state index in [9.17, 15) is 18.4 Å². The average molecular weight is 520 g/mol. The van der Waals surface area contributed by atoms with Gasteiger partial charge in [0.05, 0.1) is 18.7 Å². The number of likely N-dealkylation sites (tertiary alicyclic amines) is 1. The number of amides is 2. The lowest BCUT2D eigenvalue weighted by Crippen LogP contribution is -2.43. The van der Waals surface area contributed by atoms with Gasteiger partial charge in [-0.1, -0.05) is 0 Å². The first kappa shape index (κ1) is 25.8. The number of carbonyl (C=O) groups excluding carboxylic acids is 2. The molecule has 0 aliphatic carbocycles. The highest BCUT2D eigenvalue weighted by Crippen LogP contribution is 2.41. The molecule has 0 radical (unpaired) electrons. The van der Waals surface area contributed by atoms with Crippen LogP contribution in [0.4, 0.5) is 29.9 Å². The average Bonchev–Trinajstić information content (AvgIpc) is 3.19. The summed E-state index contributed by atoms with van der Waals surface area (Å²) in [5.41, 5.74) is -1.61. The Labute approximate surface area is 194 Å². The number of ether oxygens (including phenoxy) is 2. The van der Waals surface area contributed by atoms with E-state index in [0.29, 0.717) is 0 Å². The summed E-state index contributed by atoms with van der Waals surface area (Å²) in [6, 6.07) is -2.11. The van der Waals surface area contributed by atoms with E-state index in [4.69, 9.17) is 16.0 Å². The van der Waals surface area contributed by atoms with Crippen LogP contribution in [0.2, 0.25) is 0 Å². The molecule has 9 nitrogen and oxygen atoms in total. The van der Waals surface area contributed by atoms with Crippen molar-refractivity contribution in [2.24, 2.45) is 0 Å². The second kappa shape index (κ2) is 9.21. The van der Waals surface area contributed by atoms with Crippen molar-refractivity contribution in [3.63, 3.8) is 0 Å². The van der Waals surface area contributed by atoms with Crippen LogP contribution in [0.5, 0.6) is 0 Å². The lowest BCUT2D eigenvalue weighted by molar-refractivity contribution is -0.00233. The van der Waals surface area contributed by atoms with Crippen LogP contribution in [0, 0.1) is 6.57 Å². The first-order valence-electron chi connectivity index (χ1n) is 9.95. The monoisotopic (exact) mass is 519 g/mol. The predicted molar refractivity (Wildman–Crippen MR) is 117 cm³/mol. The highest BCUT2D eigenvalue weighted by atomic mass is 79.9. The zero-order valence-corrected chi connectivity index (χ0v) is 20.7. The van der Waals surface area contributed by atoms with Gasteiger partial charge in [0, 0.05) is 13.6 Å². The fourth-order valence-electron chi connectivity index (χ4n) is 3.26. The molecule has 0 aromatic carbocycles. The lowest BCUT2D eigenvalue weighted by atomic mass is 10.2. The Bertz CT molecular complexity index is 917. The number of nitrogens with zero attached hydrogens (tertiary/aromatic N) is 5. The van der Waals surface area contributed by atoms with Crippen molar-refractivity contribution in [3.8, 4) is 0 Å². The molecule has 1 aliphatic rings. The molecule has 1 aromatic rings. The van der Waals surface area contributed by atoms with Crippen LogP contribution in [0.15, 0.2) is 4.60 Å². The lowest BCUT2D eigenvalue weighted by Gasteiger charge is -2.28. The van der Waals surface area contributed by atoms with Crippen molar-refractivity contribution in [2.75, 3.05) is 18.5 Å². The molecule has 0 bridgehead atoms. The molecule has 0 saturated carbocycles. The van der Waals surface area contributed by atoms with Gasteiger partial charge in [0.2, 0.25) is 0 Å². The maximum absolute atomic E-state index is 13.8. The summed E-state index contributed by atoms with van der Waals surface area (Å²) in [6.45, 7) is 17.4. The topological polar surface area (TPSA) is 81.3 Å². The second-order valence-corrected chi connectivity index (χ2v) is 10.2. The zero-order chi connectivity index (χ0) is 24.6. The Hall–Kier alpha value is -2.42. The Morgan fingerprint density at radius 1 is 1.22 bits per heavy atom. The summed E-state index contributed by atoms with van der Waals surface area (Å²) in [4.78, 5) is 30.7. The molecular weight excluding hydrogens is 492 g/mol. The molecule has 2 heterocycles. The van der Waals surface area contributed by atoms with Crippen molar-refractivity contribution < 1.29 is 27.8 Å². The molecule has 0 N–H and O–H groups in total. The minimum Gasteiger partial charge on any atom is -0.444 e. The summed E-state index contributed by atoms with van der Waals surface area (Å²) in [5, 5.41) is 4.27. The molecular formula is C20H28BrF2N5O4. The highest BCUT2D eigenvalue weighted by molar-refractivity contribution is 9.10. The first-order chi connectivity index (χ1) is 14.6. The van der Waals surface area contributed by atoms with Crippen molar-refractivity contribution in [2.45, 2.75) is 77.7 Å². The van der Waals surface area contributed by atoms with Crippen LogP contribution in [-0.2, 0) is 9.47 Å². The molecule has 0 unspecified atom stereocenters. The number of carbonyl (C=O) groups is 2. The Balaban J connectivity index is 2.44. The zero-order valence-electron chi connectivity index (χ0n) is 19.1. The number of aromatic nitrogens is 2. The van der Waals surface area contributed by atoms with Crippen LogP contribution in [0.1, 0.15) is 54.0 Å². The summed E-state index contributed by atoms with van der Waals surface area (Å²) in [6.07, 6.45) is -4.52. The van der Waals surface area contributed by atoms with E-state index >= 15 is 0 Å². The van der Waals surface area contributed by atoms with Crippen molar-refractivity contribution >= 4 is 39.6 Å². The molecule has 32 heavy (non-hydrogen) atoms. The molecule has 12 heteroatoms. The van der Waals surface area contributed by atoms with Crippen molar-refractivity contribution in [1.82, 2.24) is 14.7 Å². The standard InChI is InChI=1S/C20H28BrF2N5O4/c1-19(2,3)31-17(29)26(8)16-13(24-7)14(21)25-28(16)11-9-12(15(22)23)27(10-11)18(30)32-20(4,5)6/h11-12,15H,9-10H2,1-6,8H3/t11-,12+/m0/s1. The van der Waals surface area contributed by atoms with Gasteiger partial charge in [-0.25, -0.2) is 23.2 Å². The number of hydrogen-bond donors (Lipinski definition) is 0. The van der Waals surface area contributed by atoms with Gasteiger partial charge in [-0.05, 0) is 63.9 Å². The van der Waals surface area contributed by atoms with Gasteiger partial charge in [0.1, 0.15) is 21.6 Å². The van der Waals surface area contributed by atoms with Crippen LogP contribution in [0.25, 0.3) is 4.85 Å². The number of anilines is 1. The first-order valence-corrected chi connectivity index (χ1v) is 10.7.